The Morgan fingerprint density at radius 1 is 0.950 bits per heavy atom. The Labute approximate surface area is 147 Å². The van der Waals surface area contributed by atoms with Crippen molar-refractivity contribution in [2.45, 2.75) is 44.9 Å². The molecule has 1 aromatic rings. The summed E-state index contributed by atoms with van der Waals surface area (Å²) in [5.41, 5.74) is 0.387. The molecule has 0 atom stereocenters. The van der Waals surface area contributed by atoms with Crippen molar-refractivity contribution in [2.24, 2.45) is 5.41 Å². The molecule has 0 amide bonds. The van der Waals surface area contributed by atoms with Gasteiger partial charge in [0.25, 0.3) is 0 Å². The van der Waals surface area contributed by atoms with Crippen LogP contribution in [0.15, 0.2) is 24.4 Å². The monoisotopic (exact) mass is 488 g/mol. The Morgan fingerprint density at radius 3 is 1.75 bits per heavy atom. The van der Waals surface area contributed by atoms with Crippen LogP contribution in [0, 0.1) is 5.41 Å². The summed E-state index contributed by atoms with van der Waals surface area (Å²) in [4.78, 5) is 0.361. The van der Waals surface area contributed by atoms with Gasteiger partial charge in [0.15, 0.2) is 9.84 Å². The summed E-state index contributed by atoms with van der Waals surface area (Å²) in [6.45, 7) is 10.5. The van der Waals surface area contributed by atoms with Crippen LogP contribution in [0.25, 0.3) is 0 Å². The predicted molar refractivity (Wildman–Crippen MR) is 95.1 cm³/mol. The number of benzene rings is 1. The first-order valence-corrected chi connectivity index (χ1v) is 10.4. The van der Waals surface area contributed by atoms with Crippen LogP contribution in [0.2, 0.25) is 0 Å². The zero-order chi connectivity index (χ0) is 16.1. The first-order valence-electron chi connectivity index (χ1n) is 6.09. The fraction of sp³-hybridized carbons (Fsp3) is 0.571. The van der Waals surface area contributed by atoms with Crippen molar-refractivity contribution in [3.05, 3.63) is 25.0 Å². The first kappa shape index (κ1) is 18.7. The third-order valence-electron chi connectivity index (χ3n) is 4.03. The second-order valence-electron chi connectivity index (χ2n) is 6.51. The average Bonchev–Trinajstić information content (AvgIpc) is 2.21. The maximum Gasteiger partial charge on any atom is 0.175 e. The van der Waals surface area contributed by atoms with E-state index in [1.54, 1.807) is 6.07 Å². The van der Waals surface area contributed by atoms with Crippen LogP contribution < -0.4 is 0 Å². The van der Waals surface area contributed by atoms with Gasteiger partial charge in [0, 0.05) is 19.7 Å². The van der Waals surface area contributed by atoms with Crippen molar-refractivity contribution in [1.29, 1.82) is 0 Å². The quantitative estimate of drug-likeness (QED) is 0.498. The zero-order valence-corrected chi connectivity index (χ0v) is 18.0. The second-order valence-corrected chi connectivity index (χ2v) is 10.9. The minimum absolute atomic E-state index is 0.0950. The number of sulfone groups is 1. The summed E-state index contributed by atoms with van der Waals surface area (Å²) in [5, 5.41) is 0. The molecule has 0 saturated heterocycles. The number of hydrogen-bond acceptors (Lipinski definition) is 2. The van der Waals surface area contributed by atoms with E-state index in [2.05, 4.69) is 82.4 Å². The molecule has 20 heavy (non-hydrogen) atoms. The summed E-state index contributed by atoms with van der Waals surface area (Å²) in [5.74, 6) is 0. The van der Waals surface area contributed by atoms with Gasteiger partial charge in [-0.1, -0.05) is 34.6 Å². The van der Waals surface area contributed by atoms with Gasteiger partial charge < -0.3 is 0 Å². The molecule has 0 aliphatic carbocycles. The van der Waals surface area contributed by atoms with Crippen molar-refractivity contribution in [1.82, 2.24) is 0 Å². The SMILES string of the molecule is CC(C)(C)C(C)(C)c1c(S(C)(=O)=O)cc(Br)c(Br)c1Br. The fourth-order valence-electron chi connectivity index (χ4n) is 1.82. The highest BCUT2D eigenvalue weighted by Crippen LogP contribution is 2.49. The van der Waals surface area contributed by atoms with E-state index in [1.807, 2.05) is 0 Å². The van der Waals surface area contributed by atoms with E-state index in [9.17, 15) is 8.42 Å². The summed E-state index contributed by atoms with van der Waals surface area (Å²) < 4.78 is 26.7. The molecule has 1 rings (SSSR count). The molecule has 0 unspecified atom stereocenters. The Morgan fingerprint density at radius 2 is 1.40 bits per heavy atom. The molecule has 0 N–H and O–H groups in total. The highest BCUT2D eigenvalue weighted by atomic mass is 79.9. The average molecular weight is 491 g/mol. The van der Waals surface area contributed by atoms with Crippen LogP contribution in [0.4, 0.5) is 0 Å². The van der Waals surface area contributed by atoms with Gasteiger partial charge in [-0.2, -0.15) is 0 Å². The molecule has 0 aliphatic rings. The van der Waals surface area contributed by atoms with Crippen LogP contribution in [0.3, 0.4) is 0 Å². The minimum atomic E-state index is -3.32. The second kappa shape index (κ2) is 5.67. The van der Waals surface area contributed by atoms with Crippen LogP contribution in [0.1, 0.15) is 40.2 Å². The van der Waals surface area contributed by atoms with Crippen molar-refractivity contribution in [3.8, 4) is 0 Å². The smallest absolute Gasteiger partial charge is 0.175 e. The maximum absolute atomic E-state index is 12.2. The summed E-state index contributed by atoms with van der Waals surface area (Å²) in [6.07, 6.45) is 1.25. The van der Waals surface area contributed by atoms with Crippen molar-refractivity contribution in [3.63, 3.8) is 0 Å². The molecular weight excluding hydrogens is 472 g/mol. The van der Waals surface area contributed by atoms with Crippen LogP contribution >= 0.6 is 47.8 Å². The molecular formula is C14H19Br3O2S. The summed E-state index contributed by atoms with van der Waals surface area (Å²) in [7, 11) is -3.32. The number of rotatable bonds is 2. The fourth-order valence-corrected chi connectivity index (χ4v) is 5.09. The highest BCUT2D eigenvalue weighted by molar-refractivity contribution is 9.14. The molecule has 0 heterocycles. The number of hydrogen-bond donors (Lipinski definition) is 0. The van der Waals surface area contributed by atoms with E-state index in [4.69, 9.17) is 0 Å². The van der Waals surface area contributed by atoms with Crippen molar-refractivity contribution in [2.75, 3.05) is 6.26 Å². The summed E-state index contributed by atoms with van der Waals surface area (Å²) in [6, 6.07) is 1.67. The molecule has 0 aromatic heterocycles. The van der Waals surface area contributed by atoms with Gasteiger partial charge in [0.2, 0.25) is 0 Å². The largest absolute Gasteiger partial charge is 0.224 e. The van der Waals surface area contributed by atoms with E-state index in [0.717, 1.165) is 19.0 Å². The van der Waals surface area contributed by atoms with Gasteiger partial charge in [0.1, 0.15) is 0 Å². The lowest BCUT2D eigenvalue weighted by Crippen LogP contribution is -2.35. The highest BCUT2D eigenvalue weighted by Gasteiger charge is 2.40. The molecule has 6 heteroatoms. The van der Waals surface area contributed by atoms with Crippen LogP contribution in [-0.4, -0.2) is 14.7 Å². The van der Waals surface area contributed by atoms with Gasteiger partial charge in [-0.15, -0.1) is 0 Å². The number of halogens is 3. The van der Waals surface area contributed by atoms with Crippen LogP contribution in [-0.2, 0) is 15.3 Å². The van der Waals surface area contributed by atoms with E-state index < -0.39 is 9.84 Å². The zero-order valence-electron chi connectivity index (χ0n) is 12.4. The van der Waals surface area contributed by atoms with Crippen LogP contribution in [0.5, 0.6) is 0 Å². The lowest BCUT2D eigenvalue weighted by Gasteiger charge is -2.41. The van der Waals surface area contributed by atoms with Gasteiger partial charge in [-0.3, -0.25) is 0 Å². The van der Waals surface area contributed by atoms with E-state index in [1.165, 1.54) is 6.26 Å². The Bertz CT molecular complexity index is 641. The van der Waals surface area contributed by atoms with E-state index in [-0.39, 0.29) is 10.8 Å². The van der Waals surface area contributed by atoms with Gasteiger partial charge in [0.05, 0.1) is 4.90 Å². The Kier molecular flexibility index (Phi) is 5.29. The van der Waals surface area contributed by atoms with Gasteiger partial charge >= 0.3 is 0 Å². The lowest BCUT2D eigenvalue weighted by molar-refractivity contribution is 0.220. The summed E-state index contributed by atoms with van der Waals surface area (Å²) >= 11 is 10.5. The predicted octanol–water partition coefficient (Wildman–Crippen LogP) is 5.70. The molecule has 2 nitrogen and oxygen atoms in total. The molecule has 0 saturated carbocycles. The lowest BCUT2D eigenvalue weighted by atomic mass is 9.65. The van der Waals surface area contributed by atoms with Crippen molar-refractivity contribution >= 4 is 57.6 Å². The molecule has 1 aromatic carbocycles. The molecule has 114 valence electrons. The third kappa shape index (κ3) is 3.33. The molecule has 0 bridgehead atoms. The molecule has 0 fully saturated rings. The Hall–Kier alpha value is 0.610. The standard InChI is InChI=1S/C14H19Br3O2S/c1-13(2,3)14(4,5)10-9(20(6,18)19)7-8(15)11(16)12(10)17/h7H,1-6H3. The van der Waals surface area contributed by atoms with Gasteiger partial charge in [-0.25, -0.2) is 8.42 Å². The molecule has 0 radical (unpaired) electrons. The minimum Gasteiger partial charge on any atom is -0.224 e. The first-order chi connectivity index (χ1) is 8.71. The third-order valence-corrected chi connectivity index (χ3v) is 8.45. The topological polar surface area (TPSA) is 34.1 Å². The Balaban J connectivity index is 3.92. The maximum atomic E-state index is 12.2. The van der Waals surface area contributed by atoms with Crippen molar-refractivity contribution < 1.29 is 8.42 Å². The van der Waals surface area contributed by atoms with E-state index in [0.29, 0.717) is 4.90 Å². The van der Waals surface area contributed by atoms with Gasteiger partial charge in [-0.05, 0) is 70.2 Å². The molecule has 0 aliphatic heterocycles. The normalized spacial score (nSPS) is 13.7. The molecule has 0 spiro atoms. The van der Waals surface area contributed by atoms with E-state index >= 15 is 0 Å².